The van der Waals surface area contributed by atoms with Gasteiger partial charge in [0.15, 0.2) is 0 Å². The van der Waals surface area contributed by atoms with Gasteiger partial charge in [0.05, 0.1) is 5.01 Å². The van der Waals surface area contributed by atoms with Gasteiger partial charge in [0.1, 0.15) is 4.60 Å². The highest BCUT2D eigenvalue weighted by atomic mass is 79.9. The maximum absolute atomic E-state index is 4.37. The Bertz CT molecular complexity index is 229. The van der Waals surface area contributed by atoms with Gasteiger partial charge >= 0.3 is 0 Å². The molecule has 1 saturated carbocycles. The number of thiazole rings is 1. The topological polar surface area (TPSA) is 12.9 Å². The highest BCUT2D eigenvalue weighted by Gasteiger charge is 2.21. The molecular formula is C7H8BrNS. The molecule has 0 spiro atoms. The van der Waals surface area contributed by atoms with Gasteiger partial charge in [0.2, 0.25) is 0 Å². The molecular weight excluding hydrogens is 210 g/mol. The molecule has 1 heterocycles. The lowest BCUT2D eigenvalue weighted by atomic mass is 9.86. The van der Waals surface area contributed by atoms with E-state index >= 15 is 0 Å². The number of aromatic nitrogens is 1. The van der Waals surface area contributed by atoms with Gasteiger partial charge in [-0.05, 0) is 28.8 Å². The first-order valence-corrected chi connectivity index (χ1v) is 5.14. The molecule has 1 fully saturated rings. The van der Waals surface area contributed by atoms with Crippen LogP contribution in [0.15, 0.2) is 9.98 Å². The summed E-state index contributed by atoms with van der Waals surface area (Å²) in [6, 6.07) is 0. The van der Waals surface area contributed by atoms with E-state index < -0.39 is 0 Å². The normalized spacial score (nSPS) is 18.9. The molecule has 0 aromatic carbocycles. The first kappa shape index (κ1) is 6.80. The van der Waals surface area contributed by atoms with Crippen LogP contribution in [-0.4, -0.2) is 4.98 Å². The number of halogens is 1. The molecule has 0 atom stereocenters. The molecule has 1 aromatic heterocycles. The quantitative estimate of drug-likeness (QED) is 0.705. The van der Waals surface area contributed by atoms with Crippen LogP contribution >= 0.6 is 27.3 Å². The maximum Gasteiger partial charge on any atom is 0.117 e. The lowest BCUT2D eigenvalue weighted by Crippen LogP contribution is -2.07. The van der Waals surface area contributed by atoms with Crippen LogP contribution in [-0.2, 0) is 0 Å². The largest absolute Gasteiger partial charge is 0.234 e. The van der Waals surface area contributed by atoms with Crippen LogP contribution < -0.4 is 0 Å². The fourth-order valence-corrected chi connectivity index (χ4v) is 2.55. The van der Waals surface area contributed by atoms with Crippen LogP contribution in [0.3, 0.4) is 0 Å². The zero-order chi connectivity index (χ0) is 6.97. The van der Waals surface area contributed by atoms with E-state index in [4.69, 9.17) is 0 Å². The Morgan fingerprint density at radius 3 is 2.80 bits per heavy atom. The minimum Gasteiger partial charge on any atom is -0.234 e. The molecule has 0 aliphatic heterocycles. The summed E-state index contributed by atoms with van der Waals surface area (Å²) in [5.74, 6) is 0.788. The second kappa shape index (κ2) is 2.62. The molecule has 1 aliphatic rings. The monoisotopic (exact) mass is 217 g/mol. The van der Waals surface area contributed by atoms with Gasteiger partial charge in [-0.3, -0.25) is 0 Å². The van der Waals surface area contributed by atoms with Crippen molar-refractivity contribution in [2.24, 2.45) is 0 Å². The van der Waals surface area contributed by atoms with Gasteiger partial charge < -0.3 is 0 Å². The van der Waals surface area contributed by atoms with Crippen molar-refractivity contribution in [3.63, 3.8) is 0 Å². The number of hydrogen-bond donors (Lipinski definition) is 0. The highest BCUT2D eigenvalue weighted by Crippen LogP contribution is 2.38. The Morgan fingerprint density at radius 1 is 1.60 bits per heavy atom. The molecule has 3 heteroatoms. The molecule has 0 unspecified atom stereocenters. The molecule has 0 bridgehead atoms. The van der Waals surface area contributed by atoms with Crippen LogP contribution in [0.2, 0.25) is 0 Å². The van der Waals surface area contributed by atoms with Crippen molar-refractivity contribution in [3.8, 4) is 0 Å². The minimum atomic E-state index is 0.788. The van der Waals surface area contributed by atoms with Crippen LogP contribution in [0.1, 0.15) is 30.2 Å². The van der Waals surface area contributed by atoms with Crippen LogP contribution in [0.4, 0.5) is 0 Å². The molecule has 0 radical (unpaired) electrons. The summed E-state index contributed by atoms with van der Waals surface area (Å²) in [7, 11) is 0. The summed E-state index contributed by atoms with van der Waals surface area (Å²) >= 11 is 5.13. The zero-order valence-corrected chi connectivity index (χ0v) is 7.91. The average Bonchev–Trinajstić information content (AvgIpc) is 2.10. The molecule has 0 amide bonds. The number of hydrogen-bond acceptors (Lipinski definition) is 2. The van der Waals surface area contributed by atoms with E-state index in [1.807, 2.05) is 0 Å². The Balaban J connectivity index is 2.17. The first-order valence-electron chi connectivity index (χ1n) is 3.47. The van der Waals surface area contributed by atoms with Gasteiger partial charge in [0.25, 0.3) is 0 Å². The summed E-state index contributed by atoms with van der Waals surface area (Å²) in [5, 5.41) is 3.38. The summed E-state index contributed by atoms with van der Waals surface area (Å²) in [6.45, 7) is 0. The summed E-state index contributed by atoms with van der Waals surface area (Å²) in [4.78, 5) is 4.37. The standard InChI is InChI=1S/C7H8BrNS/c8-6-4-10-7(9-6)5-2-1-3-5/h4-5H,1-3H2. The average molecular weight is 218 g/mol. The molecule has 2 rings (SSSR count). The number of rotatable bonds is 1. The zero-order valence-electron chi connectivity index (χ0n) is 5.51. The van der Waals surface area contributed by atoms with Crippen molar-refractivity contribution in [3.05, 3.63) is 15.0 Å². The van der Waals surface area contributed by atoms with E-state index in [0.29, 0.717) is 0 Å². The lowest BCUT2D eigenvalue weighted by molar-refractivity contribution is 0.418. The smallest absolute Gasteiger partial charge is 0.117 e. The summed E-state index contributed by atoms with van der Waals surface area (Å²) < 4.78 is 0.999. The van der Waals surface area contributed by atoms with Gasteiger partial charge in [-0.25, -0.2) is 4.98 Å². The fraction of sp³-hybridized carbons (Fsp3) is 0.571. The van der Waals surface area contributed by atoms with Gasteiger partial charge in [-0.15, -0.1) is 11.3 Å². The summed E-state index contributed by atoms with van der Waals surface area (Å²) in [5.41, 5.74) is 0. The molecule has 0 saturated heterocycles. The first-order chi connectivity index (χ1) is 4.86. The Hall–Kier alpha value is 0.110. The third-order valence-corrected chi connectivity index (χ3v) is 3.66. The van der Waals surface area contributed by atoms with Gasteiger partial charge in [-0.1, -0.05) is 6.42 Å². The fourth-order valence-electron chi connectivity index (χ4n) is 1.11. The maximum atomic E-state index is 4.37. The Labute approximate surface area is 72.6 Å². The highest BCUT2D eigenvalue weighted by molar-refractivity contribution is 9.10. The van der Waals surface area contributed by atoms with Gasteiger partial charge in [-0.2, -0.15) is 0 Å². The predicted molar refractivity (Wildman–Crippen MR) is 46.4 cm³/mol. The molecule has 1 nitrogen and oxygen atoms in total. The third kappa shape index (κ3) is 1.12. The minimum absolute atomic E-state index is 0.788. The second-order valence-corrected chi connectivity index (χ2v) is 4.34. The Morgan fingerprint density at radius 2 is 2.40 bits per heavy atom. The molecule has 10 heavy (non-hydrogen) atoms. The SMILES string of the molecule is Brc1csc(C2CCC2)n1. The molecule has 0 N–H and O–H groups in total. The van der Waals surface area contributed by atoms with E-state index in [2.05, 4.69) is 26.3 Å². The Kier molecular flexibility index (Phi) is 1.78. The van der Waals surface area contributed by atoms with E-state index in [-0.39, 0.29) is 0 Å². The van der Waals surface area contributed by atoms with E-state index in [1.165, 1.54) is 24.3 Å². The van der Waals surface area contributed by atoms with Crippen LogP contribution in [0.5, 0.6) is 0 Å². The van der Waals surface area contributed by atoms with Crippen molar-refractivity contribution in [1.82, 2.24) is 4.98 Å². The van der Waals surface area contributed by atoms with Crippen molar-refractivity contribution < 1.29 is 0 Å². The van der Waals surface area contributed by atoms with Crippen LogP contribution in [0.25, 0.3) is 0 Å². The van der Waals surface area contributed by atoms with E-state index in [0.717, 1.165) is 10.5 Å². The number of nitrogens with zero attached hydrogens (tertiary/aromatic N) is 1. The van der Waals surface area contributed by atoms with Crippen molar-refractivity contribution in [2.45, 2.75) is 25.2 Å². The molecule has 54 valence electrons. The van der Waals surface area contributed by atoms with E-state index in [9.17, 15) is 0 Å². The van der Waals surface area contributed by atoms with Gasteiger partial charge in [0, 0.05) is 11.3 Å². The van der Waals surface area contributed by atoms with Crippen LogP contribution in [0, 0.1) is 0 Å². The third-order valence-electron chi connectivity index (χ3n) is 1.95. The molecule has 1 aromatic rings. The lowest BCUT2D eigenvalue weighted by Gasteiger charge is -2.22. The van der Waals surface area contributed by atoms with E-state index in [1.54, 1.807) is 11.3 Å². The second-order valence-electron chi connectivity index (χ2n) is 2.64. The molecule has 1 aliphatic carbocycles. The predicted octanol–water partition coefficient (Wildman–Crippen LogP) is 3.17. The van der Waals surface area contributed by atoms with Crippen molar-refractivity contribution in [2.75, 3.05) is 0 Å². The summed E-state index contributed by atoms with van der Waals surface area (Å²) in [6.07, 6.45) is 4.09. The van der Waals surface area contributed by atoms with Crippen molar-refractivity contribution >= 4 is 27.3 Å². The van der Waals surface area contributed by atoms with Crippen molar-refractivity contribution in [1.29, 1.82) is 0 Å².